The summed E-state index contributed by atoms with van der Waals surface area (Å²) in [5, 5.41) is 8.04. The van der Waals surface area contributed by atoms with Crippen LogP contribution >= 0.6 is 0 Å². The van der Waals surface area contributed by atoms with Crippen LogP contribution in [-0.2, 0) is 46.5 Å². The summed E-state index contributed by atoms with van der Waals surface area (Å²) in [6.45, 7) is 1.46. The van der Waals surface area contributed by atoms with Crippen LogP contribution in [0.25, 0.3) is 0 Å². The van der Waals surface area contributed by atoms with Gasteiger partial charge in [0.1, 0.15) is 12.6 Å². The predicted molar refractivity (Wildman–Crippen MR) is 150 cm³/mol. The van der Waals surface area contributed by atoms with Crippen LogP contribution in [0.15, 0.2) is 66.7 Å². The number of unbranched alkanes of at least 4 members (excludes halogenated alkanes) is 2. The first-order chi connectivity index (χ1) is 19.7. The lowest BCUT2D eigenvalue weighted by Gasteiger charge is -2.19. The van der Waals surface area contributed by atoms with Crippen molar-refractivity contribution in [2.24, 2.45) is 0 Å². The standard InChI is InChI=1S/C30H34N4O7/c1-21(35)41-20-23-11-13-24(14-12-23)32-27(37)19-31-30(40)25(18-22-8-4-2-5-9-22)33-26(36)10-6-3-7-17-34-28(38)15-16-29(34)39/h2,4-5,8-9,11-16,25H,3,6-7,10,17-20H2,1H3,(H,31,40)(H,32,37)(H,33,36). The first-order valence-corrected chi connectivity index (χ1v) is 13.4. The molecule has 2 aromatic carbocycles. The van der Waals surface area contributed by atoms with Crippen molar-refractivity contribution in [3.8, 4) is 0 Å². The summed E-state index contributed by atoms with van der Waals surface area (Å²) in [5.41, 5.74) is 2.12. The zero-order valence-electron chi connectivity index (χ0n) is 22.9. The minimum atomic E-state index is -0.885. The molecule has 0 spiro atoms. The van der Waals surface area contributed by atoms with Crippen molar-refractivity contribution in [1.29, 1.82) is 0 Å². The van der Waals surface area contributed by atoms with Gasteiger partial charge in [0.2, 0.25) is 17.7 Å². The number of nitrogens with one attached hydrogen (secondary N) is 3. The molecule has 2 aromatic rings. The number of anilines is 1. The summed E-state index contributed by atoms with van der Waals surface area (Å²) in [6, 6.07) is 15.1. The maximum absolute atomic E-state index is 13.0. The molecule has 0 bridgehead atoms. The van der Waals surface area contributed by atoms with E-state index in [1.807, 2.05) is 30.3 Å². The van der Waals surface area contributed by atoms with E-state index in [9.17, 15) is 28.8 Å². The summed E-state index contributed by atoms with van der Waals surface area (Å²) >= 11 is 0. The summed E-state index contributed by atoms with van der Waals surface area (Å²) in [5.74, 6) is -2.29. The lowest BCUT2D eigenvalue weighted by atomic mass is 10.0. The Bertz CT molecular complexity index is 1260. The predicted octanol–water partition coefficient (Wildman–Crippen LogP) is 2.02. The Labute approximate surface area is 238 Å². The average molecular weight is 563 g/mol. The van der Waals surface area contributed by atoms with Crippen LogP contribution in [-0.4, -0.2) is 59.5 Å². The van der Waals surface area contributed by atoms with Crippen molar-refractivity contribution in [2.75, 3.05) is 18.4 Å². The number of esters is 1. The molecule has 5 amide bonds. The fourth-order valence-electron chi connectivity index (χ4n) is 4.07. The van der Waals surface area contributed by atoms with E-state index in [1.165, 1.54) is 19.1 Å². The Morgan fingerprint density at radius 3 is 2.17 bits per heavy atom. The summed E-state index contributed by atoms with van der Waals surface area (Å²) in [4.78, 5) is 73.4. The Hall–Kier alpha value is -4.80. The highest BCUT2D eigenvalue weighted by Crippen LogP contribution is 2.11. The molecule has 0 aliphatic carbocycles. The van der Waals surface area contributed by atoms with Gasteiger partial charge >= 0.3 is 5.97 Å². The highest BCUT2D eigenvalue weighted by atomic mass is 16.5. The highest BCUT2D eigenvalue weighted by molar-refractivity contribution is 6.12. The molecule has 1 atom stereocenters. The lowest BCUT2D eigenvalue weighted by Crippen LogP contribution is -2.49. The van der Waals surface area contributed by atoms with E-state index < -0.39 is 17.9 Å². The van der Waals surface area contributed by atoms with Crippen LogP contribution < -0.4 is 16.0 Å². The Morgan fingerprint density at radius 2 is 1.51 bits per heavy atom. The van der Waals surface area contributed by atoms with Gasteiger partial charge in [-0.05, 0) is 36.1 Å². The maximum atomic E-state index is 13.0. The molecule has 1 unspecified atom stereocenters. The third-order valence-corrected chi connectivity index (χ3v) is 6.22. The third-order valence-electron chi connectivity index (χ3n) is 6.22. The van der Waals surface area contributed by atoms with Gasteiger partial charge in [-0.2, -0.15) is 0 Å². The van der Waals surface area contributed by atoms with E-state index in [1.54, 1.807) is 24.3 Å². The second kappa shape index (κ2) is 15.7. The van der Waals surface area contributed by atoms with Gasteiger partial charge in [-0.3, -0.25) is 33.7 Å². The Balaban J connectivity index is 1.45. The number of amides is 5. The van der Waals surface area contributed by atoms with Gasteiger partial charge < -0.3 is 20.7 Å². The molecule has 1 aliphatic rings. The van der Waals surface area contributed by atoms with Crippen LogP contribution in [0.4, 0.5) is 5.69 Å². The maximum Gasteiger partial charge on any atom is 0.302 e. The lowest BCUT2D eigenvalue weighted by molar-refractivity contribution is -0.142. The number of rotatable bonds is 15. The van der Waals surface area contributed by atoms with Crippen molar-refractivity contribution in [2.45, 2.75) is 51.7 Å². The number of benzene rings is 2. The molecular formula is C30H34N4O7. The average Bonchev–Trinajstić information content (AvgIpc) is 3.27. The van der Waals surface area contributed by atoms with E-state index in [4.69, 9.17) is 4.74 Å². The van der Waals surface area contributed by atoms with Crippen LogP contribution in [0.5, 0.6) is 0 Å². The number of hydrogen-bond donors (Lipinski definition) is 3. The first kappa shape index (κ1) is 30.7. The van der Waals surface area contributed by atoms with Crippen molar-refractivity contribution in [1.82, 2.24) is 15.5 Å². The van der Waals surface area contributed by atoms with Gasteiger partial charge in [-0.15, -0.1) is 0 Å². The second-order valence-corrected chi connectivity index (χ2v) is 9.53. The molecule has 11 heteroatoms. The zero-order valence-corrected chi connectivity index (χ0v) is 22.9. The molecular weight excluding hydrogens is 528 g/mol. The SMILES string of the molecule is CC(=O)OCc1ccc(NC(=O)CNC(=O)C(Cc2ccccc2)NC(=O)CCCCCN2C(=O)C=CC2=O)cc1. The van der Waals surface area contributed by atoms with Gasteiger partial charge in [-0.1, -0.05) is 48.9 Å². The quantitative estimate of drug-likeness (QED) is 0.171. The fraction of sp³-hybridized carbons (Fsp3) is 0.333. The summed E-state index contributed by atoms with van der Waals surface area (Å²) in [7, 11) is 0. The molecule has 11 nitrogen and oxygen atoms in total. The number of carbonyl (C=O) groups excluding carboxylic acids is 6. The summed E-state index contributed by atoms with van der Waals surface area (Å²) < 4.78 is 4.93. The van der Waals surface area contributed by atoms with Gasteiger partial charge in [0.15, 0.2) is 0 Å². The fourth-order valence-corrected chi connectivity index (χ4v) is 4.07. The van der Waals surface area contributed by atoms with Crippen molar-refractivity contribution in [3.05, 3.63) is 77.9 Å². The molecule has 0 saturated carbocycles. The molecule has 216 valence electrons. The number of ether oxygens (including phenoxy) is 1. The third kappa shape index (κ3) is 10.7. The molecule has 3 rings (SSSR count). The highest BCUT2D eigenvalue weighted by Gasteiger charge is 2.23. The normalized spacial score (nSPS) is 13.0. The van der Waals surface area contributed by atoms with Crippen molar-refractivity contribution >= 4 is 41.2 Å². The minimum Gasteiger partial charge on any atom is -0.461 e. The number of imide groups is 1. The minimum absolute atomic E-state index is 0.131. The number of carbonyl (C=O) groups is 6. The molecule has 0 saturated heterocycles. The second-order valence-electron chi connectivity index (χ2n) is 9.53. The molecule has 3 N–H and O–H groups in total. The van der Waals surface area contributed by atoms with Crippen LogP contribution in [0.1, 0.15) is 43.7 Å². The van der Waals surface area contributed by atoms with Crippen molar-refractivity contribution in [3.63, 3.8) is 0 Å². The molecule has 1 aliphatic heterocycles. The molecule has 41 heavy (non-hydrogen) atoms. The monoisotopic (exact) mass is 562 g/mol. The van der Waals surface area contributed by atoms with E-state index >= 15 is 0 Å². The van der Waals surface area contributed by atoms with Crippen LogP contribution in [0, 0.1) is 0 Å². The molecule has 0 radical (unpaired) electrons. The Kier molecular flexibility index (Phi) is 11.8. The van der Waals surface area contributed by atoms with Gasteiger partial charge in [-0.25, -0.2) is 0 Å². The van der Waals surface area contributed by atoms with Crippen LogP contribution in [0.3, 0.4) is 0 Å². The first-order valence-electron chi connectivity index (χ1n) is 13.4. The van der Waals surface area contributed by atoms with Crippen molar-refractivity contribution < 1.29 is 33.5 Å². The van der Waals surface area contributed by atoms with Gasteiger partial charge in [0, 0.05) is 44.1 Å². The van der Waals surface area contributed by atoms with E-state index in [0.717, 1.165) is 16.0 Å². The molecule has 1 heterocycles. The van der Waals surface area contributed by atoms with Crippen LogP contribution in [0.2, 0.25) is 0 Å². The molecule has 0 aromatic heterocycles. The smallest absolute Gasteiger partial charge is 0.302 e. The Morgan fingerprint density at radius 1 is 0.829 bits per heavy atom. The number of hydrogen-bond acceptors (Lipinski definition) is 7. The topological polar surface area (TPSA) is 151 Å². The van der Waals surface area contributed by atoms with E-state index in [-0.39, 0.29) is 49.7 Å². The largest absolute Gasteiger partial charge is 0.461 e. The number of nitrogens with zero attached hydrogens (tertiary/aromatic N) is 1. The van der Waals surface area contributed by atoms with E-state index in [0.29, 0.717) is 31.5 Å². The van der Waals surface area contributed by atoms with Gasteiger partial charge in [0.25, 0.3) is 11.8 Å². The molecule has 0 fully saturated rings. The van der Waals surface area contributed by atoms with Gasteiger partial charge in [0.05, 0.1) is 6.54 Å². The zero-order chi connectivity index (χ0) is 29.6. The van der Waals surface area contributed by atoms with E-state index in [2.05, 4.69) is 16.0 Å². The summed E-state index contributed by atoms with van der Waals surface area (Å²) in [6.07, 6.45) is 4.63.